The lowest BCUT2D eigenvalue weighted by Crippen LogP contribution is -2.47. The molecule has 3 rings (SSSR count). The van der Waals surface area contributed by atoms with Gasteiger partial charge in [0, 0.05) is 32.7 Å². The zero-order valence-corrected chi connectivity index (χ0v) is 15.8. The van der Waals surface area contributed by atoms with Crippen LogP contribution in [0.1, 0.15) is 0 Å². The number of hydrogen-bond donors (Lipinski definition) is 0. The van der Waals surface area contributed by atoms with Crippen molar-refractivity contribution in [2.75, 3.05) is 51.3 Å². The predicted molar refractivity (Wildman–Crippen MR) is 104 cm³/mol. The summed E-state index contributed by atoms with van der Waals surface area (Å²) >= 11 is 12.2. The van der Waals surface area contributed by atoms with Crippen molar-refractivity contribution in [2.45, 2.75) is 0 Å². The Morgan fingerprint density at radius 1 is 0.920 bits per heavy atom. The Kier molecular flexibility index (Phi) is 6.29. The second kappa shape index (κ2) is 8.65. The van der Waals surface area contributed by atoms with Gasteiger partial charge in [0.25, 0.3) is 0 Å². The van der Waals surface area contributed by atoms with Crippen molar-refractivity contribution in [3.63, 3.8) is 0 Å². The van der Waals surface area contributed by atoms with Gasteiger partial charge < -0.3 is 14.4 Å². The molecule has 134 valence electrons. The van der Waals surface area contributed by atoms with Crippen molar-refractivity contribution in [1.82, 2.24) is 4.90 Å². The average Bonchev–Trinajstić information content (AvgIpc) is 2.65. The highest BCUT2D eigenvalue weighted by Crippen LogP contribution is 2.32. The molecule has 1 aliphatic rings. The summed E-state index contributed by atoms with van der Waals surface area (Å²) in [7, 11) is 1.71. The van der Waals surface area contributed by atoms with Gasteiger partial charge >= 0.3 is 0 Å². The van der Waals surface area contributed by atoms with Crippen LogP contribution in [0.15, 0.2) is 42.5 Å². The highest BCUT2D eigenvalue weighted by atomic mass is 35.5. The molecule has 1 aliphatic heterocycles. The third-order valence-electron chi connectivity index (χ3n) is 4.37. The summed E-state index contributed by atoms with van der Waals surface area (Å²) in [6.45, 7) is 5.31. The number of hydrogen-bond acceptors (Lipinski definition) is 4. The van der Waals surface area contributed by atoms with Gasteiger partial charge in [0.15, 0.2) is 5.75 Å². The first-order valence-corrected chi connectivity index (χ1v) is 9.12. The fourth-order valence-electron chi connectivity index (χ4n) is 3.00. The minimum absolute atomic E-state index is 0.550. The van der Waals surface area contributed by atoms with Crippen LogP contribution in [0.25, 0.3) is 0 Å². The van der Waals surface area contributed by atoms with E-state index in [1.54, 1.807) is 19.2 Å². The van der Waals surface area contributed by atoms with Gasteiger partial charge in [0.2, 0.25) is 0 Å². The summed E-state index contributed by atoms with van der Waals surface area (Å²) in [5.74, 6) is 1.49. The van der Waals surface area contributed by atoms with Crippen LogP contribution in [0.5, 0.6) is 11.5 Å². The van der Waals surface area contributed by atoms with Crippen LogP contribution in [0.4, 0.5) is 5.69 Å². The van der Waals surface area contributed by atoms with Crippen molar-refractivity contribution in [1.29, 1.82) is 0 Å². The number of halogens is 2. The number of ether oxygens (including phenoxy) is 2. The maximum Gasteiger partial charge on any atom is 0.156 e. The zero-order valence-electron chi connectivity index (χ0n) is 14.3. The molecule has 0 saturated carbocycles. The predicted octanol–water partition coefficient (Wildman–Crippen LogP) is 4.20. The highest BCUT2D eigenvalue weighted by molar-refractivity contribution is 6.37. The molecule has 0 aliphatic carbocycles. The van der Waals surface area contributed by atoms with Gasteiger partial charge in [-0.3, -0.25) is 4.90 Å². The number of anilines is 1. The van der Waals surface area contributed by atoms with E-state index in [9.17, 15) is 0 Å². The molecule has 1 heterocycles. The van der Waals surface area contributed by atoms with E-state index < -0.39 is 0 Å². The van der Waals surface area contributed by atoms with Gasteiger partial charge in [-0.25, -0.2) is 0 Å². The summed E-state index contributed by atoms with van der Waals surface area (Å²) in [6.07, 6.45) is 0. The summed E-state index contributed by atoms with van der Waals surface area (Å²) in [5, 5.41) is 1.10. The van der Waals surface area contributed by atoms with Crippen LogP contribution >= 0.6 is 23.2 Å². The van der Waals surface area contributed by atoms with Crippen molar-refractivity contribution in [2.24, 2.45) is 0 Å². The number of benzene rings is 2. The van der Waals surface area contributed by atoms with Gasteiger partial charge in [-0.1, -0.05) is 41.4 Å². The lowest BCUT2D eigenvalue weighted by molar-refractivity contribution is 0.200. The van der Waals surface area contributed by atoms with E-state index in [2.05, 4.69) is 15.9 Å². The summed E-state index contributed by atoms with van der Waals surface area (Å²) in [6, 6.07) is 13.5. The number of methoxy groups -OCH3 is 1. The monoisotopic (exact) mass is 380 g/mol. The van der Waals surface area contributed by atoms with Crippen molar-refractivity contribution < 1.29 is 9.47 Å². The third kappa shape index (κ3) is 4.51. The summed E-state index contributed by atoms with van der Waals surface area (Å²) in [4.78, 5) is 4.75. The van der Waals surface area contributed by atoms with Crippen LogP contribution in [0.2, 0.25) is 10.0 Å². The second-order valence-electron chi connectivity index (χ2n) is 5.90. The molecule has 2 aromatic carbocycles. The first-order valence-electron chi connectivity index (χ1n) is 8.36. The molecule has 6 heteroatoms. The minimum atomic E-state index is 0.550. The average molecular weight is 381 g/mol. The van der Waals surface area contributed by atoms with E-state index in [0.29, 0.717) is 22.4 Å². The molecule has 0 bridgehead atoms. The van der Waals surface area contributed by atoms with Crippen molar-refractivity contribution >= 4 is 28.9 Å². The second-order valence-corrected chi connectivity index (χ2v) is 6.71. The standard InChI is InChI=1S/C19H22Cl2N2O2/c1-24-18-8-3-2-7-17(18)23-11-9-22(10-12-23)13-14-25-19-15(20)5-4-6-16(19)21/h2-8H,9-14H2,1H3. The molecule has 0 spiro atoms. The molecular weight excluding hydrogens is 359 g/mol. The maximum absolute atomic E-state index is 6.12. The maximum atomic E-state index is 6.12. The Balaban J connectivity index is 1.48. The van der Waals surface area contributed by atoms with Crippen molar-refractivity contribution in [3.05, 3.63) is 52.5 Å². The number of rotatable bonds is 6. The Hall–Kier alpha value is -1.62. The van der Waals surface area contributed by atoms with Crippen LogP contribution < -0.4 is 14.4 Å². The van der Waals surface area contributed by atoms with E-state index in [4.69, 9.17) is 32.7 Å². The third-order valence-corrected chi connectivity index (χ3v) is 4.97. The minimum Gasteiger partial charge on any atom is -0.495 e. The van der Waals surface area contributed by atoms with Crippen LogP contribution in [0.3, 0.4) is 0 Å². The lowest BCUT2D eigenvalue weighted by atomic mass is 10.2. The van der Waals surface area contributed by atoms with E-state index in [1.807, 2.05) is 24.3 Å². The smallest absolute Gasteiger partial charge is 0.156 e. The Bertz CT molecular complexity index is 683. The number of para-hydroxylation sites is 3. The van der Waals surface area contributed by atoms with E-state index in [0.717, 1.165) is 44.2 Å². The molecule has 1 saturated heterocycles. The molecule has 0 amide bonds. The molecule has 0 radical (unpaired) electrons. The molecule has 0 N–H and O–H groups in total. The highest BCUT2D eigenvalue weighted by Gasteiger charge is 2.19. The molecular formula is C19H22Cl2N2O2. The van der Waals surface area contributed by atoms with Gasteiger partial charge in [-0.15, -0.1) is 0 Å². The lowest BCUT2D eigenvalue weighted by Gasteiger charge is -2.36. The Labute approximate surface area is 158 Å². The molecule has 4 nitrogen and oxygen atoms in total. The molecule has 1 fully saturated rings. The molecule has 0 aromatic heterocycles. The number of nitrogens with zero attached hydrogens (tertiary/aromatic N) is 2. The topological polar surface area (TPSA) is 24.9 Å². The van der Waals surface area contributed by atoms with Gasteiger partial charge in [-0.05, 0) is 24.3 Å². The fraction of sp³-hybridized carbons (Fsp3) is 0.368. The molecule has 25 heavy (non-hydrogen) atoms. The molecule has 2 aromatic rings. The Morgan fingerprint density at radius 2 is 1.60 bits per heavy atom. The molecule has 0 unspecified atom stereocenters. The number of piperazine rings is 1. The van der Waals surface area contributed by atoms with E-state index in [1.165, 1.54) is 0 Å². The van der Waals surface area contributed by atoms with Gasteiger partial charge in [-0.2, -0.15) is 0 Å². The SMILES string of the molecule is COc1ccccc1N1CCN(CCOc2c(Cl)cccc2Cl)CC1. The first-order chi connectivity index (χ1) is 12.2. The van der Waals surface area contributed by atoms with E-state index in [-0.39, 0.29) is 0 Å². The zero-order chi connectivity index (χ0) is 17.6. The largest absolute Gasteiger partial charge is 0.495 e. The fourth-order valence-corrected chi connectivity index (χ4v) is 3.51. The van der Waals surface area contributed by atoms with Crippen molar-refractivity contribution in [3.8, 4) is 11.5 Å². The van der Waals surface area contributed by atoms with Crippen LogP contribution in [-0.2, 0) is 0 Å². The Morgan fingerprint density at radius 3 is 2.28 bits per heavy atom. The van der Waals surface area contributed by atoms with Crippen LogP contribution in [-0.4, -0.2) is 51.3 Å². The van der Waals surface area contributed by atoms with Gasteiger partial charge in [0.1, 0.15) is 12.4 Å². The normalized spacial score (nSPS) is 15.2. The van der Waals surface area contributed by atoms with Crippen LogP contribution in [0, 0.1) is 0 Å². The summed E-state index contributed by atoms with van der Waals surface area (Å²) in [5.41, 5.74) is 1.16. The van der Waals surface area contributed by atoms with E-state index >= 15 is 0 Å². The quantitative estimate of drug-likeness (QED) is 0.749. The first kappa shape index (κ1) is 18.2. The van der Waals surface area contributed by atoms with Gasteiger partial charge in [0.05, 0.1) is 22.8 Å². The molecule has 0 atom stereocenters. The summed E-state index contributed by atoms with van der Waals surface area (Å²) < 4.78 is 11.2.